The average Bonchev–Trinajstić information content (AvgIpc) is 2.88. The fourth-order valence-electron chi connectivity index (χ4n) is 1.79. The van der Waals surface area contributed by atoms with Gasteiger partial charge in [0.05, 0.1) is 5.60 Å². The monoisotopic (exact) mass is 277 g/mol. The maximum Gasteiger partial charge on any atom is 0.241 e. The number of hydrogen-bond acceptors (Lipinski definition) is 7. The molecule has 2 heterocycles. The summed E-state index contributed by atoms with van der Waals surface area (Å²) in [6.45, 7) is 6.48. The van der Waals surface area contributed by atoms with E-state index in [-0.39, 0.29) is 5.95 Å². The summed E-state index contributed by atoms with van der Waals surface area (Å²) in [5.41, 5.74) is 4.88. The molecule has 0 spiro atoms. The van der Waals surface area contributed by atoms with E-state index in [0.29, 0.717) is 25.0 Å². The number of nitrogens with two attached hydrogens (primary N) is 1. The maximum atomic E-state index is 9.94. The summed E-state index contributed by atoms with van der Waals surface area (Å²) >= 11 is 0. The Hall–Kier alpha value is -2.22. The van der Waals surface area contributed by atoms with Gasteiger partial charge in [-0.15, -0.1) is 0 Å². The quantitative estimate of drug-likeness (QED) is 0.806. The van der Waals surface area contributed by atoms with Crippen molar-refractivity contribution in [1.29, 1.82) is 0 Å². The van der Waals surface area contributed by atoms with Crippen LogP contribution >= 0.6 is 0 Å². The lowest BCUT2D eigenvalue weighted by Crippen LogP contribution is -2.39. The highest BCUT2D eigenvalue weighted by Crippen LogP contribution is 2.14. The van der Waals surface area contributed by atoms with E-state index >= 15 is 0 Å². The highest BCUT2D eigenvalue weighted by Gasteiger charge is 2.20. The molecule has 8 nitrogen and oxygen atoms in total. The summed E-state index contributed by atoms with van der Waals surface area (Å²) in [5, 5.41) is 9.94. The number of aromatic nitrogens is 5. The summed E-state index contributed by atoms with van der Waals surface area (Å²) in [7, 11) is 0. The van der Waals surface area contributed by atoms with Crippen LogP contribution in [-0.4, -0.2) is 48.3 Å². The molecular weight excluding hydrogens is 258 g/mol. The number of aliphatic hydroxyl groups is 1. The Labute approximate surface area is 117 Å². The Morgan fingerprint density at radius 2 is 2.10 bits per heavy atom. The second-order valence-corrected chi connectivity index (χ2v) is 5.09. The Balaban J connectivity index is 2.36. The van der Waals surface area contributed by atoms with Gasteiger partial charge in [-0.1, -0.05) is 0 Å². The lowest BCUT2D eigenvalue weighted by Gasteiger charge is -2.28. The molecule has 2 rings (SSSR count). The smallest absolute Gasteiger partial charge is 0.241 e. The zero-order chi connectivity index (χ0) is 14.8. The molecule has 0 aromatic carbocycles. The first kappa shape index (κ1) is 14.2. The molecule has 0 aliphatic rings. The molecule has 0 radical (unpaired) electrons. The summed E-state index contributed by atoms with van der Waals surface area (Å²) in [4.78, 5) is 18.4. The van der Waals surface area contributed by atoms with Crippen molar-refractivity contribution in [2.75, 3.05) is 23.7 Å². The minimum absolute atomic E-state index is 0.132. The van der Waals surface area contributed by atoms with E-state index in [4.69, 9.17) is 5.73 Å². The van der Waals surface area contributed by atoms with Crippen LogP contribution in [0, 0.1) is 0 Å². The molecule has 0 saturated heterocycles. The highest BCUT2D eigenvalue weighted by molar-refractivity contribution is 5.38. The molecule has 0 aliphatic carbocycles. The molecule has 2 aromatic heterocycles. The van der Waals surface area contributed by atoms with E-state index in [9.17, 15) is 5.11 Å². The number of nitrogen functional groups attached to an aromatic ring is 1. The van der Waals surface area contributed by atoms with Crippen LogP contribution in [0.2, 0.25) is 0 Å². The van der Waals surface area contributed by atoms with Crippen molar-refractivity contribution < 1.29 is 5.11 Å². The molecule has 2 aromatic rings. The summed E-state index contributed by atoms with van der Waals surface area (Å²) in [6.07, 6.45) is 4.95. The first-order chi connectivity index (χ1) is 9.39. The van der Waals surface area contributed by atoms with Gasteiger partial charge in [0.15, 0.2) is 0 Å². The van der Waals surface area contributed by atoms with Crippen molar-refractivity contribution in [3.63, 3.8) is 0 Å². The van der Waals surface area contributed by atoms with Gasteiger partial charge in [-0.05, 0) is 20.8 Å². The van der Waals surface area contributed by atoms with Crippen LogP contribution < -0.4 is 10.6 Å². The topological polar surface area (TPSA) is 106 Å². The minimum atomic E-state index is -0.855. The van der Waals surface area contributed by atoms with E-state index in [1.165, 1.54) is 0 Å². The Morgan fingerprint density at radius 1 is 1.35 bits per heavy atom. The van der Waals surface area contributed by atoms with Crippen LogP contribution in [0.15, 0.2) is 18.7 Å². The standard InChI is InChI=1S/C12H19N7O/c1-4-18(7-12(2,3)20)10-15-9(13)16-11(17-10)19-6-5-14-8-19/h5-6,8,20H,4,7H2,1-3H3,(H2,13,15,16,17). The second kappa shape index (κ2) is 5.41. The van der Waals surface area contributed by atoms with Gasteiger partial charge in [0.1, 0.15) is 6.33 Å². The molecule has 0 atom stereocenters. The molecule has 20 heavy (non-hydrogen) atoms. The number of nitrogens with zero attached hydrogens (tertiary/aromatic N) is 6. The normalized spacial score (nSPS) is 11.6. The number of likely N-dealkylation sites (N-methyl/N-ethyl adjacent to an activating group) is 1. The fourth-order valence-corrected chi connectivity index (χ4v) is 1.79. The molecule has 0 aliphatic heterocycles. The molecule has 0 fully saturated rings. The number of hydrogen-bond donors (Lipinski definition) is 2. The minimum Gasteiger partial charge on any atom is -0.389 e. The molecular formula is C12H19N7O. The molecule has 0 bridgehead atoms. The van der Waals surface area contributed by atoms with Crippen molar-refractivity contribution in [2.45, 2.75) is 26.4 Å². The summed E-state index contributed by atoms with van der Waals surface area (Å²) in [5.74, 6) is 0.970. The van der Waals surface area contributed by atoms with Gasteiger partial charge in [-0.2, -0.15) is 15.0 Å². The van der Waals surface area contributed by atoms with Crippen molar-refractivity contribution in [3.05, 3.63) is 18.7 Å². The van der Waals surface area contributed by atoms with Crippen LogP contribution in [0.25, 0.3) is 5.95 Å². The molecule has 0 saturated carbocycles. The van der Waals surface area contributed by atoms with Gasteiger partial charge in [-0.3, -0.25) is 4.57 Å². The van der Waals surface area contributed by atoms with Gasteiger partial charge in [0.2, 0.25) is 17.8 Å². The zero-order valence-corrected chi connectivity index (χ0v) is 11.9. The molecule has 8 heteroatoms. The Bertz CT molecular complexity index is 562. The molecule has 3 N–H and O–H groups in total. The maximum absolute atomic E-state index is 9.94. The SMILES string of the molecule is CCN(CC(C)(C)O)c1nc(N)nc(-n2ccnc2)n1. The highest BCUT2D eigenvalue weighted by atomic mass is 16.3. The van der Waals surface area contributed by atoms with Gasteiger partial charge >= 0.3 is 0 Å². The van der Waals surface area contributed by atoms with E-state index in [2.05, 4.69) is 19.9 Å². The van der Waals surface area contributed by atoms with Crippen LogP contribution in [-0.2, 0) is 0 Å². The van der Waals surface area contributed by atoms with Crippen LogP contribution in [0.3, 0.4) is 0 Å². The van der Waals surface area contributed by atoms with Crippen molar-refractivity contribution in [1.82, 2.24) is 24.5 Å². The van der Waals surface area contributed by atoms with E-state index in [1.54, 1.807) is 37.1 Å². The van der Waals surface area contributed by atoms with Gasteiger partial charge in [0.25, 0.3) is 0 Å². The predicted octanol–water partition coefficient (Wildman–Crippen LogP) is 0.237. The lowest BCUT2D eigenvalue weighted by atomic mass is 10.1. The number of anilines is 2. The van der Waals surface area contributed by atoms with Crippen LogP contribution in [0.5, 0.6) is 0 Å². The van der Waals surface area contributed by atoms with Gasteiger partial charge in [0, 0.05) is 25.5 Å². The van der Waals surface area contributed by atoms with E-state index in [0.717, 1.165) is 0 Å². The Kier molecular flexibility index (Phi) is 3.84. The lowest BCUT2D eigenvalue weighted by molar-refractivity contribution is 0.0872. The second-order valence-electron chi connectivity index (χ2n) is 5.09. The van der Waals surface area contributed by atoms with Gasteiger partial charge in [-0.25, -0.2) is 4.98 Å². The molecule has 108 valence electrons. The zero-order valence-electron chi connectivity index (χ0n) is 11.9. The number of rotatable bonds is 5. The average molecular weight is 277 g/mol. The Morgan fingerprint density at radius 3 is 2.65 bits per heavy atom. The summed E-state index contributed by atoms with van der Waals surface area (Å²) in [6, 6.07) is 0. The largest absolute Gasteiger partial charge is 0.389 e. The van der Waals surface area contributed by atoms with Gasteiger partial charge < -0.3 is 15.7 Å². The molecule has 0 amide bonds. The third-order valence-electron chi connectivity index (χ3n) is 2.61. The third-order valence-corrected chi connectivity index (χ3v) is 2.61. The first-order valence-electron chi connectivity index (χ1n) is 6.36. The number of imidazole rings is 1. The van der Waals surface area contributed by atoms with Crippen molar-refractivity contribution in [2.24, 2.45) is 0 Å². The molecule has 0 unspecified atom stereocenters. The van der Waals surface area contributed by atoms with Crippen molar-refractivity contribution >= 4 is 11.9 Å². The predicted molar refractivity (Wildman–Crippen MR) is 75.5 cm³/mol. The van der Waals surface area contributed by atoms with E-state index < -0.39 is 5.60 Å². The van der Waals surface area contributed by atoms with E-state index in [1.807, 2.05) is 11.8 Å². The van der Waals surface area contributed by atoms with Crippen molar-refractivity contribution in [3.8, 4) is 5.95 Å². The fraction of sp³-hybridized carbons (Fsp3) is 0.500. The summed E-state index contributed by atoms with van der Waals surface area (Å²) < 4.78 is 1.65. The third kappa shape index (κ3) is 3.41. The van der Waals surface area contributed by atoms with Crippen LogP contribution in [0.4, 0.5) is 11.9 Å². The first-order valence-corrected chi connectivity index (χ1v) is 6.36. The van der Waals surface area contributed by atoms with Crippen LogP contribution in [0.1, 0.15) is 20.8 Å².